The third kappa shape index (κ3) is 2.23. The number of para-hydroxylation sites is 2. The first kappa shape index (κ1) is 12.3. The molecule has 100 valence electrons. The predicted octanol–water partition coefficient (Wildman–Crippen LogP) is 2.87. The zero-order valence-corrected chi connectivity index (χ0v) is 11.0. The van der Waals surface area contributed by atoms with Crippen LogP contribution in [0.25, 0.3) is 11.1 Å². The zero-order chi connectivity index (χ0) is 14.1. The number of nitrogens with one attached hydrogen (secondary N) is 1. The summed E-state index contributed by atoms with van der Waals surface area (Å²) in [6.07, 6.45) is 1.50. The second-order valence-electron chi connectivity index (χ2n) is 4.36. The van der Waals surface area contributed by atoms with E-state index in [1.807, 2.05) is 24.3 Å². The van der Waals surface area contributed by atoms with Gasteiger partial charge in [0.25, 0.3) is 0 Å². The minimum atomic E-state index is -0.0593. The molecule has 0 aliphatic heterocycles. The van der Waals surface area contributed by atoms with Crippen molar-refractivity contribution in [2.75, 3.05) is 5.32 Å². The van der Waals surface area contributed by atoms with E-state index < -0.39 is 0 Å². The number of Topliss-reactive ketones (excluding diaryl/α,β-unsaturated/α-hetero) is 1. The van der Waals surface area contributed by atoms with Crippen molar-refractivity contribution in [3.05, 3.63) is 41.7 Å². The maximum Gasteiger partial charge on any atom is 0.302 e. The second kappa shape index (κ2) is 4.73. The number of benzene rings is 1. The minimum absolute atomic E-state index is 0.0593. The van der Waals surface area contributed by atoms with Crippen LogP contribution in [0.15, 0.2) is 34.9 Å². The molecule has 6 nitrogen and oxygen atoms in total. The second-order valence-corrected chi connectivity index (χ2v) is 4.36. The summed E-state index contributed by atoms with van der Waals surface area (Å²) in [7, 11) is 0. The van der Waals surface area contributed by atoms with E-state index in [9.17, 15) is 4.79 Å². The van der Waals surface area contributed by atoms with Gasteiger partial charge < -0.3 is 4.42 Å². The van der Waals surface area contributed by atoms with Gasteiger partial charge in [0.1, 0.15) is 5.52 Å². The number of oxazole rings is 1. The Morgan fingerprint density at radius 3 is 2.75 bits per heavy atom. The van der Waals surface area contributed by atoms with Gasteiger partial charge in [0, 0.05) is 6.20 Å². The number of hydrogen-bond acceptors (Lipinski definition) is 6. The van der Waals surface area contributed by atoms with Crippen LogP contribution >= 0.6 is 0 Å². The van der Waals surface area contributed by atoms with E-state index in [1.54, 1.807) is 6.92 Å². The lowest BCUT2D eigenvalue weighted by Crippen LogP contribution is -2.04. The molecule has 0 bridgehead atoms. The molecule has 3 rings (SSSR count). The number of aromatic nitrogens is 3. The maximum absolute atomic E-state index is 11.3. The SMILES string of the molecule is CC(=O)c1cnc(Nc2nc3ccccc3o2)nc1C. The highest BCUT2D eigenvalue weighted by Gasteiger charge is 2.10. The van der Waals surface area contributed by atoms with Crippen LogP contribution in [0.5, 0.6) is 0 Å². The summed E-state index contributed by atoms with van der Waals surface area (Å²) < 4.78 is 5.52. The Bertz CT molecular complexity index is 762. The number of carbonyl (C=O) groups is 1. The number of rotatable bonds is 3. The minimum Gasteiger partial charge on any atom is -0.423 e. The molecule has 0 aliphatic rings. The number of hydrogen-bond donors (Lipinski definition) is 1. The third-order valence-corrected chi connectivity index (χ3v) is 2.87. The van der Waals surface area contributed by atoms with E-state index in [4.69, 9.17) is 4.42 Å². The number of fused-ring (bicyclic) bond motifs is 1. The van der Waals surface area contributed by atoms with Crippen LogP contribution in [-0.4, -0.2) is 20.7 Å². The van der Waals surface area contributed by atoms with Gasteiger partial charge >= 0.3 is 6.01 Å². The Morgan fingerprint density at radius 2 is 2.05 bits per heavy atom. The number of aryl methyl sites for hydroxylation is 1. The van der Waals surface area contributed by atoms with Crippen molar-refractivity contribution in [2.24, 2.45) is 0 Å². The molecule has 1 N–H and O–H groups in total. The first-order chi connectivity index (χ1) is 9.63. The molecule has 0 atom stereocenters. The summed E-state index contributed by atoms with van der Waals surface area (Å²) in [6, 6.07) is 7.77. The Balaban J connectivity index is 1.90. The van der Waals surface area contributed by atoms with E-state index in [0.717, 1.165) is 5.52 Å². The molecule has 0 aliphatic carbocycles. The lowest BCUT2D eigenvalue weighted by atomic mass is 10.2. The van der Waals surface area contributed by atoms with Crippen molar-refractivity contribution in [3.63, 3.8) is 0 Å². The molecule has 0 radical (unpaired) electrons. The highest BCUT2D eigenvalue weighted by Crippen LogP contribution is 2.20. The average molecular weight is 268 g/mol. The molecular weight excluding hydrogens is 256 g/mol. The number of carbonyl (C=O) groups excluding carboxylic acids is 1. The summed E-state index contributed by atoms with van der Waals surface area (Å²) in [4.78, 5) is 23.9. The van der Waals surface area contributed by atoms with E-state index >= 15 is 0 Å². The number of anilines is 2. The molecule has 3 aromatic rings. The van der Waals surface area contributed by atoms with Crippen molar-refractivity contribution < 1.29 is 9.21 Å². The van der Waals surface area contributed by atoms with Gasteiger partial charge in [-0.2, -0.15) is 4.98 Å². The molecule has 0 saturated heterocycles. The molecule has 6 heteroatoms. The van der Waals surface area contributed by atoms with Crippen LogP contribution in [0.1, 0.15) is 23.0 Å². The Labute approximate surface area is 114 Å². The predicted molar refractivity (Wildman–Crippen MR) is 74.1 cm³/mol. The van der Waals surface area contributed by atoms with Crippen molar-refractivity contribution in [1.29, 1.82) is 0 Å². The fourth-order valence-corrected chi connectivity index (χ4v) is 1.89. The molecule has 2 aromatic heterocycles. The van der Waals surface area contributed by atoms with Crippen molar-refractivity contribution >= 4 is 28.8 Å². The van der Waals surface area contributed by atoms with Gasteiger partial charge in [-0.25, -0.2) is 9.97 Å². The molecule has 0 fully saturated rings. The molecule has 0 spiro atoms. The van der Waals surface area contributed by atoms with Crippen LogP contribution in [0, 0.1) is 6.92 Å². The molecule has 0 amide bonds. The highest BCUT2D eigenvalue weighted by molar-refractivity contribution is 5.94. The van der Waals surface area contributed by atoms with Crippen LogP contribution in [0.3, 0.4) is 0 Å². The summed E-state index contributed by atoms with van der Waals surface area (Å²) in [5.41, 5.74) is 2.57. The van der Waals surface area contributed by atoms with Gasteiger partial charge in [0.05, 0.1) is 11.3 Å². The van der Waals surface area contributed by atoms with E-state index in [2.05, 4.69) is 20.3 Å². The zero-order valence-electron chi connectivity index (χ0n) is 11.0. The van der Waals surface area contributed by atoms with Gasteiger partial charge in [-0.05, 0) is 26.0 Å². The standard InChI is InChI=1S/C14H12N4O2/c1-8-10(9(2)19)7-15-13(16-8)18-14-17-11-5-3-4-6-12(11)20-14/h3-7H,1-2H3,(H,15,16,17,18). The fraction of sp³-hybridized carbons (Fsp3) is 0.143. The van der Waals surface area contributed by atoms with Crippen molar-refractivity contribution in [1.82, 2.24) is 15.0 Å². The summed E-state index contributed by atoms with van der Waals surface area (Å²) in [6.45, 7) is 3.25. The van der Waals surface area contributed by atoms with Gasteiger partial charge in [-0.3, -0.25) is 10.1 Å². The topological polar surface area (TPSA) is 80.9 Å². The lowest BCUT2D eigenvalue weighted by molar-refractivity contribution is 0.101. The molecule has 0 saturated carbocycles. The van der Waals surface area contributed by atoms with E-state index in [-0.39, 0.29) is 5.78 Å². The van der Waals surface area contributed by atoms with Crippen LogP contribution in [0.4, 0.5) is 12.0 Å². The molecular formula is C14H12N4O2. The third-order valence-electron chi connectivity index (χ3n) is 2.87. The van der Waals surface area contributed by atoms with Crippen molar-refractivity contribution in [2.45, 2.75) is 13.8 Å². The Kier molecular flexibility index (Phi) is 2.90. The Hall–Kier alpha value is -2.76. The number of nitrogens with zero attached hydrogens (tertiary/aromatic N) is 3. The van der Waals surface area contributed by atoms with Crippen LogP contribution < -0.4 is 5.32 Å². The lowest BCUT2D eigenvalue weighted by Gasteiger charge is -2.03. The quantitative estimate of drug-likeness (QED) is 0.735. The molecule has 20 heavy (non-hydrogen) atoms. The average Bonchev–Trinajstić information content (AvgIpc) is 2.80. The van der Waals surface area contributed by atoms with Crippen LogP contribution in [-0.2, 0) is 0 Å². The Morgan fingerprint density at radius 1 is 1.25 bits per heavy atom. The summed E-state index contributed by atoms with van der Waals surface area (Å²) in [5.74, 6) is 0.287. The van der Waals surface area contributed by atoms with Gasteiger partial charge in [-0.15, -0.1) is 0 Å². The molecule has 1 aromatic carbocycles. The first-order valence-electron chi connectivity index (χ1n) is 6.10. The molecule has 0 unspecified atom stereocenters. The van der Waals surface area contributed by atoms with Gasteiger partial charge in [0.2, 0.25) is 5.95 Å². The smallest absolute Gasteiger partial charge is 0.302 e. The van der Waals surface area contributed by atoms with E-state index in [0.29, 0.717) is 28.8 Å². The maximum atomic E-state index is 11.3. The van der Waals surface area contributed by atoms with Gasteiger partial charge in [0.15, 0.2) is 11.4 Å². The monoisotopic (exact) mass is 268 g/mol. The number of ketones is 1. The normalized spacial score (nSPS) is 10.7. The van der Waals surface area contributed by atoms with Crippen molar-refractivity contribution in [3.8, 4) is 0 Å². The molecule has 2 heterocycles. The summed E-state index contributed by atoms with van der Waals surface area (Å²) >= 11 is 0. The largest absolute Gasteiger partial charge is 0.423 e. The first-order valence-corrected chi connectivity index (χ1v) is 6.10. The van der Waals surface area contributed by atoms with Gasteiger partial charge in [-0.1, -0.05) is 12.1 Å². The van der Waals surface area contributed by atoms with Crippen LogP contribution in [0.2, 0.25) is 0 Å². The fourth-order valence-electron chi connectivity index (χ4n) is 1.89. The highest BCUT2D eigenvalue weighted by atomic mass is 16.4. The van der Waals surface area contributed by atoms with E-state index in [1.165, 1.54) is 13.1 Å². The summed E-state index contributed by atoms with van der Waals surface area (Å²) in [5, 5.41) is 2.89.